The number of ether oxygens (including phenoxy) is 2. The third kappa shape index (κ3) is 4.33. The smallest absolute Gasteiger partial charge is 0.228 e. The second-order valence-electron chi connectivity index (χ2n) is 8.51. The standard InChI is InChI=1S/C26H27N3O3S/c1-17-6-8-22-24(13-17)32-23-9-7-19(31-3)14-21(23)26(27-22)28-10-11-29(18(2)16-28)25(30)15-20-5-4-12-33-20/h4-9,12-14,18H,10-11,15-16H2,1-3H3. The van der Waals surface area contributed by atoms with Gasteiger partial charge in [-0.25, -0.2) is 4.99 Å². The summed E-state index contributed by atoms with van der Waals surface area (Å²) in [7, 11) is 1.66. The van der Waals surface area contributed by atoms with Crippen molar-refractivity contribution in [2.75, 3.05) is 26.7 Å². The Labute approximate surface area is 198 Å². The molecule has 0 N–H and O–H groups in total. The van der Waals surface area contributed by atoms with E-state index in [1.165, 1.54) is 0 Å². The van der Waals surface area contributed by atoms with Gasteiger partial charge in [0.05, 0.1) is 19.1 Å². The van der Waals surface area contributed by atoms with Gasteiger partial charge in [0.15, 0.2) is 5.75 Å². The molecule has 1 fully saturated rings. The summed E-state index contributed by atoms with van der Waals surface area (Å²) in [5.41, 5.74) is 2.82. The second-order valence-corrected chi connectivity index (χ2v) is 9.54. The number of fused-ring (bicyclic) bond motifs is 2. The number of thiophene rings is 1. The summed E-state index contributed by atoms with van der Waals surface area (Å²) in [6.45, 7) is 6.22. The number of aliphatic imine (C=N–C) groups is 1. The summed E-state index contributed by atoms with van der Waals surface area (Å²) in [4.78, 5) is 23.3. The highest BCUT2D eigenvalue weighted by atomic mass is 32.1. The van der Waals surface area contributed by atoms with Crippen molar-refractivity contribution in [1.29, 1.82) is 0 Å². The van der Waals surface area contributed by atoms with Crippen LogP contribution in [0.4, 0.5) is 5.69 Å². The predicted molar refractivity (Wildman–Crippen MR) is 131 cm³/mol. The Balaban J connectivity index is 1.45. The highest BCUT2D eigenvalue weighted by Crippen LogP contribution is 2.40. The van der Waals surface area contributed by atoms with Gasteiger partial charge in [-0.05, 0) is 61.2 Å². The molecular formula is C26H27N3O3S. The van der Waals surface area contributed by atoms with Crippen molar-refractivity contribution in [3.63, 3.8) is 0 Å². The van der Waals surface area contributed by atoms with Crippen LogP contribution in [0.3, 0.4) is 0 Å². The fraction of sp³-hybridized carbons (Fsp3) is 0.308. The number of rotatable bonds is 3. The van der Waals surface area contributed by atoms with Crippen LogP contribution in [0.25, 0.3) is 0 Å². The summed E-state index contributed by atoms with van der Waals surface area (Å²) >= 11 is 1.63. The number of aryl methyl sites for hydroxylation is 1. The van der Waals surface area contributed by atoms with Crippen molar-refractivity contribution in [2.24, 2.45) is 4.99 Å². The van der Waals surface area contributed by atoms with Gasteiger partial charge in [-0.2, -0.15) is 0 Å². The average molecular weight is 462 g/mol. The zero-order chi connectivity index (χ0) is 22.9. The molecule has 2 aliphatic heterocycles. The number of amidine groups is 1. The van der Waals surface area contributed by atoms with Crippen LogP contribution in [0.5, 0.6) is 17.2 Å². The van der Waals surface area contributed by atoms with Gasteiger partial charge in [0.25, 0.3) is 0 Å². The van der Waals surface area contributed by atoms with E-state index in [0.717, 1.165) is 44.8 Å². The Morgan fingerprint density at radius 1 is 1.18 bits per heavy atom. The van der Waals surface area contributed by atoms with Crippen molar-refractivity contribution >= 4 is 28.8 Å². The SMILES string of the molecule is COc1ccc2c(c1)C(N1CCN(C(=O)Cc3cccs3)C(C)C1)=Nc1ccc(C)cc1O2. The van der Waals surface area contributed by atoms with Crippen LogP contribution in [0.1, 0.15) is 22.9 Å². The molecule has 0 radical (unpaired) electrons. The number of methoxy groups -OCH3 is 1. The molecular weight excluding hydrogens is 434 g/mol. The summed E-state index contributed by atoms with van der Waals surface area (Å²) in [5.74, 6) is 3.28. The Morgan fingerprint density at radius 3 is 2.82 bits per heavy atom. The summed E-state index contributed by atoms with van der Waals surface area (Å²) in [5, 5.41) is 2.02. The summed E-state index contributed by atoms with van der Waals surface area (Å²) in [6.07, 6.45) is 0.462. The van der Waals surface area contributed by atoms with Crippen LogP contribution in [0, 0.1) is 6.92 Å². The molecule has 1 saturated heterocycles. The van der Waals surface area contributed by atoms with Gasteiger partial charge >= 0.3 is 0 Å². The minimum atomic E-state index is 0.0737. The van der Waals surface area contributed by atoms with Crippen LogP contribution < -0.4 is 9.47 Å². The van der Waals surface area contributed by atoms with Crippen LogP contribution in [0.15, 0.2) is 58.9 Å². The van der Waals surface area contributed by atoms with E-state index in [1.54, 1.807) is 18.4 Å². The van der Waals surface area contributed by atoms with Crippen molar-refractivity contribution < 1.29 is 14.3 Å². The van der Waals surface area contributed by atoms with Gasteiger partial charge < -0.3 is 19.3 Å². The maximum absolute atomic E-state index is 12.9. The fourth-order valence-electron chi connectivity index (χ4n) is 4.41. The zero-order valence-corrected chi connectivity index (χ0v) is 19.9. The number of hydrogen-bond donors (Lipinski definition) is 0. The van der Waals surface area contributed by atoms with E-state index >= 15 is 0 Å². The molecule has 1 aromatic heterocycles. The minimum Gasteiger partial charge on any atom is -0.497 e. The Hall–Kier alpha value is -3.32. The number of amides is 1. The molecule has 2 aliphatic rings. The van der Waals surface area contributed by atoms with Gasteiger partial charge in [0, 0.05) is 30.6 Å². The summed E-state index contributed by atoms with van der Waals surface area (Å²) in [6, 6.07) is 16.0. The van der Waals surface area contributed by atoms with E-state index in [9.17, 15) is 4.79 Å². The first-order valence-corrected chi connectivity index (χ1v) is 12.0. The topological polar surface area (TPSA) is 54.4 Å². The molecule has 0 aliphatic carbocycles. The lowest BCUT2D eigenvalue weighted by Gasteiger charge is -2.41. The van der Waals surface area contributed by atoms with Crippen LogP contribution in [-0.2, 0) is 11.2 Å². The normalized spacial score (nSPS) is 17.4. The van der Waals surface area contributed by atoms with Gasteiger partial charge in [0.1, 0.15) is 23.0 Å². The third-order valence-corrected chi connectivity index (χ3v) is 7.02. The quantitative estimate of drug-likeness (QED) is 0.549. The van der Waals surface area contributed by atoms with E-state index in [-0.39, 0.29) is 11.9 Å². The lowest BCUT2D eigenvalue weighted by Crippen LogP contribution is -2.55. The average Bonchev–Trinajstić information content (AvgIpc) is 3.26. The van der Waals surface area contributed by atoms with Crippen LogP contribution in [-0.4, -0.2) is 54.3 Å². The number of nitrogens with zero attached hydrogens (tertiary/aromatic N) is 3. The molecule has 0 spiro atoms. The molecule has 0 saturated carbocycles. The number of benzene rings is 2. The first-order chi connectivity index (χ1) is 16.0. The Morgan fingerprint density at radius 2 is 2.06 bits per heavy atom. The zero-order valence-electron chi connectivity index (χ0n) is 19.1. The Kier molecular flexibility index (Phi) is 5.81. The maximum Gasteiger partial charge on any atom is 0.228 e. The van der Waals surface area contributed by atoms with E-state index < -0.39 is 0 Å². The van der Waals surface area contributed by atoms with Crippen LogP contribution >= 0.6 is 11.3 Å². The van der Waals surface area contributed by atoms with E-state index in [0.29, 0.717) is 26.1 Å². The molecule has 1 unspecified atom stereocenters. The molecule has 33 heavy (non-hydrogen) atoms. The van der Waals surface area contributed by atoms with Gasteiger partial charge in [-0.3, -0.25) is 4.79 Å². The van der Waals surface area contributed by atoms with Crippen molar-refractivity contribution in [3.8, 4) is 17.2 Å². The molecule has 1 amide bonds. The summed E-state index contributed by atoms with van der Waals surface area (Å²) < 4.78 is 11.8. The fourth-order valence-corrected chi connectivity index (χ4v) is 5.11. The Bertz CT molecular complexity index is 1210. The molecule has 2 aromatic carbocycles. The predicted octanol–water partition coefficient (Wildman–Crippen LogP) is 5.02. The lowest BCUT2D eigenvalue weighted by molar-refractivity contribution is -0.134. The molecule has 0 bridgehead atoms. The number of carbonyl (C=O) groups is 1. The maximum atomic E-state index is 12.9. The first-order valence-electron chi connectivity index (χ1n) is 11.1. The molecule has 3 heterocycles. The van der Waals surface area contributed by atoms with Gasteiger partial charge in [-0.15, -0.1) is 11.3 Å². The molecule has 6 nitrogen and oxygen atoms in total. The molecule has 7 heteroatoms. The van der Waals surface area contributed by atoms with E-state index in [2.05, 4.69) is 11.8 Å². The van der Waals surface area contributed by atoms with E-state index in [4.69, 9.17) is 14.5 Å². The molecule has 3 aromatic rings. The number of hydrogen-bond acceptors (Lipinski definition) is 6. The highest BCUT2D eigenvalue weighted by Gasteiger charge is 2.31. The lowest BCUT2D eigenvalue weighted by atomic mass is 10.1. The largest absolute Gasteiger partial charge is 0.497 e. The first kappa shape index (κ1) is 21.5. The molecule has 5 rings (SSSR count). The van der Waals surface area contributed by atoms with Crippen LogP contribution in [0.2, 0.25) is 0 Å². The second kappa shape index (κ2) is 8.90. The van der Waals surface area contributed by atoms with Crippen molar-refractivity contribution in [1.82, 2.24) is 9.80 Å². The molecule has 1 atom stereocenters. The van der Waals surface area contributed by atoms with Crippen molar-refractivity contribution in [2.45, 2.75) is 26.3 Å². The van der Waals surface area contributed by atoms with Gasteiger partial charge in [0.2, 0.25) is 5.91 Å². The van der Waals surface area contributed by atoms with Crippen molar-refractivity contribution in [3.05, 3.63) is 69.9 Å². The molecule has 170 valence electrons. The number of piperazine rings is 1. The minimum absolute atomic E-state index is 0.0737. The third-order valence-electron chi connectivity index (χ3n) is 6.14. The monoisotopic (exact) mass is 461 g/mol. The van der Waals surface area contributed by atoms with E-state index in [1.807, 2.05) is 65.7 Å². The van der Waals surface area contributed by atoms with Gasteiger partial charge in [-0.1, -0.05) is 12.1 Å². The number of carbonyl (C=O) groups excluding carboxylic acids is 1. The highest BCUT2D eigenvalue weighted by molar-refractivity contribution is 7.10.